The van der Waals surface area contributed by atoms with E-state index in [1.54, 1.807) is 7.11 Å². The van der Waals surface area contributed by atoms with Crippen molar-refractivity contribution in [3.8, 4) is 5.75 Å². The number of rotatable bonds is 3. The van der Waals surface area contributed by atoms with Crippen molar-refractivity contribution >= 4 is 5.91 Å². The van der Waals surface area contributed by atoms with Crippen LogP contribution in [0.15, 0.2) is 24.3 Å². The van der Waals surface area contributed by atoms with Crippen molar-refractivity contribution in [3.05, 3.63) is 29.8 Å². The van der Waals surface area contributed by atoms with E-state index >= 15 is 0 Å². The Morgan fingerprint density at radius 3 is 2.86 bits per heavy atom. The number of nitrogens with zero attached hydrogens (tertiary/aromatic N) is 1. The highest BCUT2D eigenvalue weighted by Gasteiger charge is 2.39. The van der Waals surface area contributed by atoms with Gasteiger partial charge < -0.3 is 9.64 Å². The fourth-order valence-electron chi connectivity index (χ4n) is 3.69. The molecule has 21 heavy (non-hydrogen) atoms. The summed E-state index contributed by atoms with van der Waals surface area (Å²) in [6.07, 6.45) is 4.84. The number of hydrogen-bond acceptors (Lipinski definition) is 3. The van der Waals surface area contributed by atoms with Gasteiger partial charge in [0.25, 0.3) is 0 Å². The number of nitrogens with one attached hydrogen (secondary N) is 1. The fraction of sp³-hybridized carbons (Fsp3) is 0.588. The second-order valence-electron chi connectivity index (χ2n) is 6.19. The molecule has 0 bridgehead atoms. The van der Waals surface area contributed by atoms with Crippen LogP contribution in [0.5, 0.6) is 5.75 Å². The van der Waals surface area contributed by atoms with Crippen LogP contribution in [0.1, 0.15) is 44.3 Å². The molecule has 1 saturated carbocycles. The monoisotopic (exact) mass is 288 g/mol. The summed E-state index contributed by atoms with van der Waals surface area (Å²) in [5, 5.41) is 3.36. The molecule has 2 aliphatic rings. The van der Waals surface area contributed by atoms with Gasteiger partial charge in [-0.2, -0.15) is 0 Å². The van der Waals surface area contributed by atoms with Gasteiger partial charge in [-0.3, -0.25) is 10.1 Å². The highest BCUT2D eigenvalue weighted by Crippen LogP contribution is 2.35. The van der Waals surface area contributed by atoms with Crippen molar-refractivity contribution in [2.24, 2.45) is 5.92 Å². The summed E-state index contributed by atoms with van der Waals surface area (Å²) in [6, 6.07) is 8.38. The van der Waals surface area contributed by atoms with Crippen LogP contribution in [-0.2, 0) is 4.79 Å². The molecule has 1 aliphatic carbocycles. The topological polar surface area (TPSA) is 41.6 Å². The van der Waals surface area contributed by atoms with Gasteiger partial charge in [0, 0.05) is 6.04 Å². The minimum atomic E-state index is -0.0156. The summed E-state index contributed by atoms with van der Waals surface area (Å²) in [6.45, 7) is 2.71. The van der Waals surface area contributed by atoms with Crippen molar-refractivity contribution in [2.75, 3.05) is 13.7 Å². The van der Waals surface area contributed by atoms with Gasteiger partial charge in [-0.25, -0.2) is 0 Å². The lowest BCUT2D eigenvalue weighted by atomic mass is 9.84. The molecule has 114 valence electrons. The van der Waals surface area contributed by atoms with Crippen molar-refractivity contribution in [1.29, 1.82) is 0 Å². The first-order valence-corrected chi connectivity index (χ1v) is 7.89. The number of ether oxygens (including phenoxy) is 1. The summed E-state index contributed by atoms with van der Waals surface area (Å²) >= 11 is 0. The van der Waals surface area contributed by atoms with Crippen molar-refractivity contribution < 1.29 is 9.53 Å². The molecule has 2 fully saturated rings. The first kappa shape index (κ1) is 14.4. The summed E-state index contributed by atoms with van der Waals surface area (Å²) in [4.78, 5) is 14.5. The fourth-order valence-corrected chi connectivity index (χ4v) is 3.69. The van der Waals surface area contributed by atoms with Gasteiger partial charge in [0.05, 0.1) is 13.7 Å². The average Bonchev–Trinajstić information content (AvgIpc) is 2.89. The van der Waals surface area contributed by atoms with E-state index < -0.39 is 0 Å². The minimum absolute atomic E-state index is 0.0156. The van der Waals surface area contributed by atoms with E-state index in [1.807, 2.05) is 18.2 Å². The lowest BCUT2D eigenvalue weighted by Gasteiger charge is -2.39. The molecule has 3 unspecified atom stereocenters. The Bertz CT molecular complexity index is 517. The highest BCUT2D eigenvalue weighted by atomic mass is 16.5. The molecule has 3 atom stereocenters. The number of benzene rings is 1. The summed E-state index contributed by atoms with van der Waals surface area (Å²) in [5.41, 5.74) is 1.11. The van der Waals surface area contributed by atoms with E-state index in [2.05, 4.69) is 23.2 Å². The third-order valence-corrected chi connectivity index (χ3v) is 4.85. The molecular weight excluding hydrogens is 264 g/mol. The predicted octanol–water partition coefficient (Wildman–Crippen LogP) is 2.70. The Morgan fingerprint density at radius 2 is 2.10 bits per heavy atom. The zero-order chi connectivity index (χ0) is 14.8. The van der Waals surface area contributed by atoms with Gasteiger partial charge >= 0.3 is 0 Å². The molecule has 1 N–H and O–H groups in total. The van der Waals surface area contributed by atoms with Crippen molar-refractivity contribution in [3.63, 3.8) is 0 Å². The molecule has 4 nitrogen and oxygen atoms in total. The number of hydrogen-bond donors (Lipinski definition) is 1. The van der Waals surface area contributed by atoms with Gasteiger partial charge in [0.1, 0.15) is 11.9 Å². The molecule has 1 aromatic carbocycles. The Labute approximate surface area is 126 Å². The maximum absolute atomic E-state index is 12.4. The molecule has 1 heterocycles. The standard InChI is InChI=1S/C17H24N2O2/c1-12-6-3-4-9-15(12)19-16(20)11-18-17(19)13-7-5-8-14(10-13)21-2/h5,7-8,10,12,15,17-18H,3-4,6,9,11H2,1-2H3. The van der Waals surface area contributed by atoms with Gasteiger partial charge in [-0.1, -0.05) is 31.9 Å². The third kappa shape index (κ3) is 2.77. The van der Waals surface area contributed by atoms with Crippen LogP contribution in [0, 0.1) is 5.92 Å². The molecule has 1 aromatic rings. The molecule has 1 saturated heterocycles. The molecule has 1 amide bonds. The van der Waals surface area contributed by atoms with Crippen LogP contribution in [0.2, 0.25) is 0 Å². The normalized spacial score (nSPS) is 29.7. The molecular formula is C17H24N2O2. The van der Waals surface area contributed by atoms with Gasteiger partial charge in [-0.15, -0.1) is 0 Å². The van der Waals surface area contributed by atoms with E-state index in [4.69, 9.17) is 4.74 Å². The predicted molar refractivity (Wildman–Crippen MR) is 82.0 cm³/mol. The molecule has 0 aromatic heterocycles. The maximum Gasteiger partial charge on any atom is 0.238 e. The molecule has 0 spiro atoms. The molecule has 0 radical (unpaired) electrons. The van der Waals surface area contributed by atoms with E-state index in [-0.39, 0.29) is 12.1 Å². The van der Waals surface area contributed by atoms with E-state index in [9.17, 15) is 4.79 Å². The number of carbonyl (C=O) groups is 1. The third-order valence-electron chi connectivity index (χ3n) is 4.85. The number of carbonyl (C=O) groups excluding carboxylic acids is 1. The Morgan fingerprint density at radius 1 is 1.29 bits per heavy atom. The molecule has 4 heteroatoms. The zero-order valence-corrected chi connectivity index (χ0v) is 12.8. The van der Waals surface area contributed by atoms with Crippen LogP contribution >= 0.6 is 0 Å². The molecule has 3 rings (SSSR count). The number of methoxy groups -OCH3 is 1. The van der Waals surface area contributed by atoms with Crippen LogP contribution in [0.3, 0.4) is 0 Å². The van der Waals surface area contributed by atoms with Crippen LogP contribution in [0.25, 0.3) is 0 Å². The Hall–Kier alpha value is -1.55. The lowest BCUT2D eigenvalue weighted by molar-refractivity contribution is -0.132. The summed E-state index contributed by atoms with van der Waals surface area (Å²) in [7, 11) is 1.67. The summed E-state index contributed by atoms with van der Waals surface area (Å²) in [5.74, 6) is 1.64. The van der Waals surface area contributed by atoms with Gasteiger partial charge in [0.15, 0.2) is 0 Å². The second kappa shape index (κ2) is 6.06. The summed E-state index contributed by atoms with van der Waals surface area (Å²) < 4.78 is 5.31. The first-order chi connectivity index (χ1) is 10.2. The average molecular weight is 288 g/mol. The van der Waals surface area contributed by atoms with Crippen molar-refractivity contribution in [2.45, 2.75) is 44.8 Å². The van der Waals surface area contributed by atoms with Crippen LogP contribution in [0.4, 0.5) is 0 Å². The van der Waals surface area contributed by atoms with Crippen LogP contribution < -0.4 is 10.1 Å². The van der Waals surface area contributed by atoms with E-state index in [0.29, 0.717) is 18.5 Å². The Kier molecular flexibility index (Phi) is 4.15. The molecule has 1 aliphatic heterocycles. The van der Waals surface area contributed by atoms with Gasteiger partial charge in [0.2, 0.25) is 5.91 Å². The smallest absolute Gasteiger partial charge is 0.238 e. The SMILES string of the molecule is COc1cccc(C2NCC(=O)N2C2CCCCC2C)c1. The maximum atomic E-state index is 12.4. The highest BCUT2D eigenvalue weighted by molar-refractivity contribution is 5.81. The second-order valence-corrected chi connectivity index (χ2v) is 6.19. The Balaban J connectivity index is 1.87. The van der Waals surface area contributed by atoms with Crippen LogP contribution in [-0.4, -0.2) is 30.5 Å². The zero-order valence-electron chi connectivity index (χ0n) is 12.8. The largest absolute Gasteiger partial charge is 0.497 e. The van der Waals surface area contributed by atoms with E-state index in [0.717, 1.165) is 17.7 Å². The quantitative estimate of drug-likeness (QED) is 0.930. The first-order valence-electron chi connectivity index (χ1n) is 7.89. The van der Waals surface area contributed by atoms with E-state index in [1.165, 1.54) is 19.3 Å². The van der Waals surface area contributed by atoms with Crippen molar-refractivity contribution in [1.82, 2.24) is 10.2 Å². The van der Waals surface area contributed by atoms with Gasteiger partial charge in [-0.05, 0) is 36.5 Å². The number of amides is 1. The minimum Gasteiger partial charge on any atom is -0.497 e. The lowest BCUT2D eigenvalue weighted by Crippen LogP contribution is -2.44.